The minimum atomic E-state index is -0.465. The highest BCUT2D eigenvalue weighted by molar-refractivity contribution is 6.02. The number of phenolic OH excluding ortho intramolecular Hbond substituents is 1. The van der Waals surface area contributed by atoms with Gasteiger partial charge in [0.05, 0.1) is 20.3 Å². The fraction of sp³-hybridized carbons (Fsp3) is 0.412. The first-order valence-corrected chi connectivity index (χ1v) is 7.71. The molecule has 1 aromatic carbocycles. The van der Waals surface area contributed by atoms with Crippen LogP contribution >= 0.6 is 0 Å². The number of methoxy groups -OCH3 is 1. The van der Waals surface area contributed by atoms with Crippen LogP contribution in [0.15, 0.2) is 23.8 Å². The van der Waals surface area contributed by atoms with E-state index in [2.05, 4.69) is 10.2 Å². The summed E-state index contributed by atoms with van der Waals surface area (Å²) in [6, 6.07) is 6.75. The number of carbonyl (C=O) groups is 1. The third-order valence-corrected chi connectivity index (χ3v) is 3.73. The van der Waals surface area contributed by atoms with Gasteiger partial charge in [0, 0.05) is 31.7 Å². The zero-order chi connectivity index (χ0) is 17.4. The van der Waals surface area contributed by atoms with Gasteiger partial charge in [0.25, 0.3) is 5.91 Å². The van der Waals surface area contributed by atoms with Crippen molar-refractivity contribution >= 4 is 12.0 Å². The molecule has 0 saturated carbocycles. The first-order valence-electron chi connectivity index (χ1n) is 7.71. The number of para-hydroxylation sites is 1. The van der Waals surface area contributed by atoms with Crippen LogP contribution in [0, 0.1) is 11.3 Å². The molecule has 0 spiro atoms. The molecule has 2 rings (SSSR count). The molecule has 1 amide bonds. The molecule has 24 heavy (non-hydrogen) atoms. The fourth-order valence-corrected chi connectivity index (χ4v) is 2.37. The number of aromatic hydroxyl groups is 1. The number of hydrogen-bond acceptors (Lipinski definition) is 6. The standard InChI is InChI=1S/C17H21N3O4/c1-23-15-4-2-3-13(16(15)21)11-14(12-18)17(22)19-5-6-20-7-9-24-10-8-20/h2-4,11,21H,5-10H2,1H3,(H,19,22). The van der Waals surface area contributed by atoms with Crippen molar-refractivity contribution in [1.82, 2.24) is 10.2 Å². The highest BCUT2D eigenvalue weighted by atomic mass is 16.5. The number of carbonyl (C=O) groups excluding carboxylic acids is 1. The summed E-state index contributed by atoms with van der Waals surface area (Å²) < 4.78 is 10.3. The summed E-state index contributed by atoms with van der Waals surface area (Å²) in [4.78, 5) is 14.3. The maximum atomic E-state index is 12.1. The summed E-state index contributed by atoms with van der Waals surface area (Å²) in [6.07, 6.45) is 1.35. The van der Waals surface area contributed by atoms with Crippen LogP contribution in [-0.4, -0.2) is 62.4 Å². The van der Waals surface area contributed by atoms with Crippen molar-refractivity contribution in [3.8, 4) is 17.6 Å². The second-order valence-electron chi connectivity index (χ2n) is 5.28. The maximum Gasteiger partial charge on any atom is 0.262 e. The number of ether oxygens (including phenoxy) is 2. The molecule has 1 fully saturated rings. The predicted octanol–water partition coefficient (Wildman–Crippen LogP) is 0.756. The molecule has 0 radical (unpaired) electrons. The summed E-state index contributed by atoms with van der Waals surface area (Å²) in [5.74, 6) is -0.282. The van der Waals surface area contributed by atoms with Crippen molar-refractivity contribution in [2.75, 3.05) is 46.5 Å². The van der Waals surface area contributed by atoms with Crippen LogP contribution in [0.2, 0.25) is 0 Å². The quantitative estimate of drug-likeness (QED) is 0.590. The van der Waals surface area contributed by atoms with Gasteiger partial charge in [0.15, 0.2) is 11.5 Å². The minimum absolute atomic E-state index is 0.0690. The first-order chi connectivity index (χ1) is 11.7. The number of nitrogens with zero attached hydrogens (tertiary/aromatic N) is 2. The van der Waals surface area contributed by atoms with Crippen LogP contribution in [-0.2, 0) is 9.53 Å². The molecule has 1 saturated heterocycles. The Labute approximate surface area is 141 Å². The molecule has 0 aliphatic carbocycles. The topological polar surface area (TPSA) is 94.8 Å². The van der Waals surface area contributed by atoms with Crippen molar-refractivity contribution < 1.29 is 19.4 Å². The third kappa shape index (κ3) is 4.72. The lowest BCUT2D eigenvalue weighted by atomic mass is 10.1. The van der Waals surface area contributed by atoms with E-state index in [0.29, 0.717) is 31.9 Å². The van der Waals surface area contributed by atoms with Crippen molar-refractivity contribution in [2.45, 2.75) is 0 Å². The average Bonchev–Trinajstić information content (AvgIpc) is 2.61. The molecule has 1 aliphatic heterocycles. The van der Waals surface area contributed by atoms with Gasteiger partial charge in [-0.05, 0) is 12.1 Å². The Morgan fingerprint density at radius 2 is 2.25 bits per heavy atom. The third-order valence-electron chi connectivity index (χ3n) is 3.73. The number of phenols is 1. The lowest BCUT2D eigenvalue weighted by Crippen LogP contribution is -2.41. The molecule has 7 heteroatoms. The van der Waals surface area contributed by atoms with Gasteiger partial charge in [-0.15, -0.1) is 0 Å². The highest BCUT2D eigenvalue weighted by Gasteiger charge is 2.13. The van der Waals surface area contributed by atoms with E-state index in [1.807, 2.05) is 6.07 Å². The SMILES string of the molecule is COc1cccc(C=C(C#N)C(=O)NCCN2CCOCC2)c1O. The largest absolute Gasteiger partial charge is 0.504 e. The Kier molecular flexibility index (Phi) is 6.61. The molecule has 1 heterocycles. The fourth-order valence-electron chi connectivity index (χ4n) is 2.37. The van der Waals surface area contributed by atoms with Crippen molar-refractivity contribution in [3.63, 3.8) is 0 Å². The van der Waals surface area contributed by atoms with Crippen LogP contribution in [0.1, 0.15) is 5.56 Å². The zero-order valence-electron chi connectivity index (χ0n) is 13.6. The maximum absolute atomic E-state index is 12.1. The molecule has 128 valence electrons. The van der Waals surface area contributed by atoms with Gasteiger partial charge < -0.3 is 19.9 Å². The minimum Gasteiger partial charge on any atom is -0.504 e. The smallest absolute Gasteiger partial charge is 0.262 e. The van der Waals surface area contributed by atoms with Crippen LogP contribution in [0.4, 0.5) is 0 Å². The molecule has 1 aliphatic rings. The molecule has 1 aromatic rings. The average molecular weight is 331 g/mol. The Morgan fingerprint density at radius 3 is 2.92 bits per heavy atom. The zero-order valence-corrected chi connectivity index (χ0v) is 13.6. The summed E-state index contributed by atoms with van der Waals surface area (Å²) >= 11 is 0. The number of rotatable bonds is 6. The molecule has 0 unspecified atom stereocenters. The summed E-state index contributed by atoms with van der Waals surface area (Å²) in [6.45, 7) is 4.24. The number of benzene rings is 1. The van der Waals surface area contributed by atoms with Crippen LogP contribution in [0.3, 0.4) is 0 Å². The van der Waals surface area contributed by atoms with Crippen molar-refractivity contribution in [3.05, 3.63) is 29.3 Å². The predicted molar refractivity (Wildman–Crippen MR) is 88.5 cm³/mol. The second-order valence-corrected chi connectivity index (χ2v) is 5.28. The van der Waals surface area contributed by atoms with Gasteiger partial charge in [0.2, 0.25) is 0 Å². The molecule has 7 nitrogen and oxygen atoms in total. The lowest BCUT2D eigenvalue weighted by Gasteiger charge is -2.26. The van der Waals surface area contributed by atoms with Gasteiger partial charge >= 0.3 is 0 Å². The number of morpholine rings is 1. The number of amides is 1. The molecular formula is C17H21N3O4. The van der Waals surface area contributed by atoms with E-state index >= 15 is 0 Å². The first kappa shape index (κ1) is 17.8. The Balaban J connectivity index is 1.97. The van der Waals surface area contributed by atoms with Crippen molar-refractivity contribution in [2.24, 2.45) is 0 Å². The second kappa shape index (κ2) is 8.91. The van der Waals surface area contributed by atoms with E-state index in [9.17, 15) is 15.2 Å². The van der Waals surface area contributed by atoms with E-state index in [1.165, 1.54) is 13.2 Å². The Bertz CT molecular complexity index is 646. The monoisotopic (exact) mass is 331 g/mol. The normalized spacial score (nSPS) is 15.6. The summed E-state index contributed by atoms with van der Waals surface area (Å²) in [5, 5.41) is 22.0. The van der Waals surface area contributed by atoms with Gasteiger partial charge in [-0.3, -0.25) is 9.69 Å². The molecule has 0 bridgehead atoms. The Morgan fingerprint density at radius 1 is 1.50 bits per heavy atom. The molecule has 0 aromatic heterocycles. The number of nitrogens with one attached hydrogen (secondary N) is 1. The summed E-state index contributed by atoms with van der Waals surface area (Å²) in [5.41, 5.74) is 0.287. The van der Waals surface area contributed by atoms with E-state index in [-0.39, 0.29) is 17.1 Å². The van der Waals surface area contributed by atoms with Gasteiger partial charge in [-0.2, -0.15) is 5.26 Å². The van der Waals surface area contributed by atoms with E-state index in [1.54, 1.807) is 18.2 Å². The Hall–Kier alpha value is -2.56. The highest BCUT2D eigenvalue weighted by Crippen LogP contribution is 2.30. The van der Waals surface area contributed by atoms with Gasteiger partial charge in [-0.25, -0.2) is 0 Å². The van der Waals surface area contributed by atoms with E-state index < -0.39 is 5.91 Å². The molecule has 2 N–H and O–H groups in total. The molecular weight excluding hydrogens is 310 g/mol. The van der Waals surface area contributed by atoms with E-state index in [0.717, 1.165) is 13.1 Å². The van der Waals surface area contributed by atoms with Crippen LogP contribution in [0.25, 0.3) is 6.08 Å². The van der Waals surface area contributed by atoms with Gasteiger partial charge in [-0.1, -0.05) is 12.1 Å². The van der Waals surface area contributed by atoms with E-state index in [4.69, 9.17) is 9.47 Å². The van der Waals surface area contributed by atoms with Gasteiger partial charge in [0.1, 0.15) is 11.6 Å². The van der Waals surface area contributed by atoms with Crippen LogP contribution in [0.5, 0.6) is 11.5 Å². The molecule has 0 atom stereocenters. The summed E-state index contributed by atoms with van der Waals surface area (Å²) in [7, 11) is 1.44. The van der Waals surface area contributed by atoms with Crippen LogP contribution < -0.4 is 10.1 Å². The lowest BCUT2D eigenvalue weighted by molar-refractivity contribution is -0.117. The number of nitriles is 1. The van der Waals surface area contributed by atoms with Crippen molar-refractivity contribution in [1.29, 1.82) is 5.26 Å². The number of hydrogen-bond donors (Lipinski definition) is 2.